The Hall–Kier alpha value is -1.76. The summed E-state index contributed by atoms with van der Waals surface area (Å²) in [6.07, 6.45) is 2.05. The molecule has 5 heteroatoms. The number of hydrogen-bond donors (Lipinski definition) is 2. The minimum atomic E-state index is 0. The normalized spacial score (nSPS) is 10.7. The lowest BCUT2D eigenvalue weighted by molar-refractivity contribution is 0.307. The van der Waals surface area contributed by atoms with Crippen molar-refractivity contribution in [3.63, 3.8) is 0 Å². The number of aryl methyl sites for hydroxylation is 1. The highest BCUT2D eigenvalue weighted by atomic mass is 127. The third-order valence-corrected chi connectivity index (χ3v) is 3.68. The summed E-state index contributed by atoms with van der Waals surface area (Å²) in [6.45, 7) is 4.47. The lowest BCUT2D eigenvalue weighted by atomic mass is 10.2. The van der Waals surface area contributed by atoms with Crippen molar-refractivity contribution in [2.75, 3.05) is 20.2 Å². The van der Waals surface area contributed by atoms with E-state index >= 15 is 0 Å². The van der Waals surface area contributed by atoms with E-state index in [1.54, 1.807) is 7.05 Å². The molecule has 0 bridgehead atoms. The predicted molar refractivity (Wildman–Crippen MR) is 116 cm³/mol. The highest BCUT2D eigenvalue weighted by Gasteiger charge is 1.98. The van der Waals surface area contributed by atoms with Gasteiger partial charge in [0.1, 0.15) is 5.75 Å². The zero-order valence-electron chi connectivity index (χ0n) is 15.0. The maximum absolute atomic E-state index is 5.73. The van der Waals surface area contributed by atoms with E-state index in [4.69, 9.17) is 4.74 Å². The number of aliphatic imine (C=N–C) groups is 1. The number of ether oxygens (including phenoxy) is 1. The lowest BCUT2D eigenvalue weighted by Gasteiger charge is -2.12. The fraction of sp³-hybridized carbons (Fsp3) is 0.350. The van der Waals surface area contributed by atoms with Crippen LogP contribution < -0.4 is 15.4 Å². The second-order valence-corrected chi connectivity index (χ2v) is 5.71. The number of guanidine groups is 1. The van der Waals surface area contributed by atoms with E-state index in [0.717, 1.165) is 44.2 Å². The molecule has 0 unspecified atom stereocenters. The van der Waals surface area contributed by atoms with Crippen LogP contribution in [0.3, 0.4) is 0 Å². The van der Waals surface area contributed by atoms with E-state index in [1.165, 1.54) is 11.1 Å². The van der Waals surface area contributed by atoms with Crippen LogP contribution in [0.2, 0.25) is 0 Å². The fourth-order valence-electron chi connectivity index (χ4n) is 2.26. The summed E-state index contributed by atoms with van der Waals surface area (Å²) < 4.78 is 5.73. The average Bonchev–Trinajstić information content (AvgIpc) is 2.63. The molecule has 0 saturated carbocycles. The molecule has 0 aromatic heterocycles. The summed E-state index contributed by atoms with van der Waals surface area (Å²) in [6, 6.07) is 18.5. The van der Waals surface area contributed by atoms with Gasteiger partial charge >= 0.3 is 0 Å². The quantitative estimate of drug-likeness (QED) is 0.274. The molecule has 0 amide bonds. The topological polar surface area (TPSA) is 45.7 Å². The third kappa shape index (κ3) is 8.77. The number of rotatable bonds is 8. The molecule has 2 rings (SSSR count). The summed E-state index contributed by atoms with van der Waals surface area (Å²) in [7, 11) is 1.79. The van der Waals surface area contributed by atoms with Crippen molar-refractivity contribution in [2.45, 2.75) is 26.3 Å². The van der Waals surface area contributed by atoms with Crippen molar-refractivity contribution in [1.29, 1.82) is 0 Å². The second-order valence-electron chi connectivity index (χ2n) is 5.71. The molecule has 2 aromatic rings. The molecule has 0 fully saturated rings. The van der Waals surface area contributed by atoms with Gasteiger partial charge in [0.25, 0.3) is 0 Å². The molecule has 2 aromatic carbocycles. The molecule has 0 aliphatic heterocycles. The molecular weight excluding hydrogens is 425 g/mol. The molecule has 0 saturated heterocycles. The number of unbranched alkanes of at least 4 members (excludes halogenated alkanes) is 1. The van der Waals surface area contributed by atoms with Crippen molar-refractivity contribution >= 4 is 29.9 Å². The van der Waals surface area contributed by atoms with Crippen LogP contribution in [0.4, 0.5) is 0 Å². The van der Waals surface area contributed by atoms with Crippen LogP contribution in [0.5, 0.6) is 5.75 Å². The maximum atomic E-state index is 5.73. The minimum absolute atomic E-state index is 0. The molecule has 0 heterocycles. The molecule has 2 N–H and O–H groups in total. The largest absolute Gasteiger partial charge is 0.494 e. The third-order valence-electron chi connectivity index (χ3n) is 3.68. The van der Waals surface area contributed by atoms with Crippen LogP contribution in [0.1, 0.15) is 24.0 Å². The SMILES string of the molecule is CN=C(NCCCCOc1ccc(C)cc1)NCc1ccccc1.I. The van der Waals surface area contributed by atoms with Crippen molar-refractivity contribution in [3.05, 3.63) is 65.7 Å². The highest BCUT2D eigenvalue weighted by molar-refractivity contribution is 14.0. The Morgan fingerprint density at radius 3 is 2.36 bits per heavy atom. The number of nitrogens with one attached hydrogen (secondary N) is 2. The summed E-state index contributed by atoms with van der Waals surface area (Å²) in [5, 5.41) is 6.64. The van der Waals surface area contributed by atoms with Crippen LogP contribution >= 0.6 is 24.0 Å². The lowest BCUT2D eigenvalue weighted by Crippen LogP contribution is -2.37. The monoisotopic (exact) mass is 453 g/mol. The average molecular weight is 453 g/mol. The van der Waals surface area contributed by atoms with Crippen molar-refractivity contribution < 1.29 is 4.74 Å². The summed E-state index contributed by atoms with van der Waals surface area (Å²) in [5.74, 6) is 1.77. The number of hydrogen-bond acceptors (Lipinski definition) is 2. The van der Waals surface area contributed by atoms with Crippen LogP contribution in [0.15, 0.2) is 59.6 Å². The summed E-state index contributed by atoms with van der Waals surface area (Å²) in [5.41, 5.74) is 2.49. The highest BCUT2D eigenvalue weighted by Crippen LogP contribution is 2.11. The first-order valence-electron chi connectivity index (χ1n) is 8.46. The molecule has 0 spiro atoms. The van der Waals surface area contributed by atoms with Gasteiger partial charge in [-0.2, -0.15) is 0 Å². The Morgan fingerprint density at radius 2 is 1.68 bits per heavy atom. The molecule has 0 radical (unpaired) electrons. The van der Waals surface area contributed by atoms with Crippen molar-refractivity contribution in [3.8, 4) is 5.75 Å². The van der Waals surface area contributed by atoms with E-state index in [0.29, 0.717) is 0 Å². The van der Waals surface area contributed by atoms with E-state index in [2.05, 4.69) is 46.8 Å². The van der Waals surface area contributed by atoms with Crippen LogP contribution in [0, 0.1) is 6.92 Å². The zero-order chi connectivity index (χ0) is 17.0. The maximum Gasteiger partial charge on any atom is 0.191 e. The zero-order valence-corrected chi connectivity index (χ0v) is 17.3. The standard InChI is InChI=1S/C20H27N3O.HI/c1-17-10-12-19(13-11-17)24-15-7-6-14-22-20(21-2)23-16-18-8-4-3-5-9-18;/h3-5,8-13H,6-7,14-16H2,1-2H3,(H2,21,22,23);1H. The Labute approximate surface area is 168 Å². The van der Waals surface area contributed by atoms with Gasteiger partial charge in [-0.05, 0) is 37.5 Å². The second kappa shape index (κ2) is 12.6. The van der Waals surface area contributed by atoms with Gasteiger partial charge < -0.3 is 15.4 Å². The number of halogens is 1. The Kier molecular flexibility index (Phi) is 10.7. The minimum Gasteiger partial charge on any atom is -0.494 e. The van der Waals surface area contributed by atoms with Crippen LogP contribution in [0.25, 0.3) is 0 Å². The van der Waals surface area contributed by atoms with Gasteiger partial charge in [0.05, 0.1) is 6.61 Å². The van der Waals surface area contributed by atoms with E-state index in [1.807, 2.05) is 30.3 Å². The smallest absolute Gasteiger partial charge is 0.191 e. The summed E-state index contributed by atoms with van der Waals surface area (Å²) >= 11 is 0. The summed E-state index contributed by atoms with van der Waals surface area (Å²) in [4.78, 5) is 4.24. The molecule has 4 nitrogen and oxygen atoms in total. The van der Waals surface area contributed by atoms with Gasteiger partial charge in [-0.3, -0.25) is 4.99 Å². The van der Waals surface area contributed by atoms with Gasteiger partial charge in [-0.1, -0.05) is 48.0 Å². The molecule has 136 valence electrons. The van der Waals surface area contributed by atoms with E-state index in [-0.39, 0.29) is 24.0 Å². The van der Waals surface area contributed by atoms with Crippen molar-refractivity contribution in [1.82, 2.24) is 10.6 Å². The Morgan fingerprint density at radius 1 is 0.960 bits per heavy atom. The van der Waals surface area contributed by atoms with Gasteiger partial charge in [0, 0.05) is 20.1 Å². The first kappa shape index (κ1) is 21.3. The first-order chi connectivity index (χ1) is 11.8. The van der Waals surface area contributed by atoms with Gasteiger partial charge in [-0.15, -0.1) is 24.0 Å². The number of benzene rings is 2. The predicted octanol–water partition coefficient (Wildman–Crippen LogP) is 4.14. The van der Waals surface area contributed by atoms with Gasteiger partial charge in [0.15, 0.2) is 5.96 Å². The van der Waals surface area contributed by atoms with Crippen LogP contribution in [-0.2, 0) is 6.54 Å². The Balaban J connectivity index is 0.00000312. The molecule has 0 aliphatic rings. The molecular formula is C20H28IN3O. The molecule has 0 atom stereocenters. The van der Waals surface area contributed by atoms with E-state index < -0.39 is 0 Å². The first-order valence-corrected chi connectivity index (χ1v) is 8.46. The number of nitrogens with zero attached hydrogens (tertiary/aromatic N) is 1. The van der Waals surface area contributed by atoms with Crippen LogP contribution in [-0.4, -0.2) is 26.2 Å². The van der Waals surface area contributed by atoms with Gasteiger partial charge in [-0.25, -0.2) is 0 Å². The van der Waals surface area contributed by atoms with E-state index in [9.17, 15) is 0 Å². The van der Waals surface area contributed by atoms with Gasteiger partial charge in [0.2, 0.25) is 0 Å². The Bertz CT molecular complexity index is 615. The molecule has 0 aliphatic carbocycles. The molecule has 25 heavy (non-hydrogen) atoms. The fourth-order valence-corrected chi connectivity index (χ4v) is 2.26. The van der Waals surface area contributed by atoms with Crippen molar-refractivity contribution in [2.24, 2.45) is 4.99 Å².